The Kier molecular flexibility index (Phi) is 6.80. The molecule has 0 radical (unpaired) electrons. The largest absolute Gasteiger partial charge is 0.508 e. The van der Waals surface area contributed by atoms with Gasteiger partial charge >= 0.3 is 0 Å². The van der Waals surface area contributed by atoms with Crippen LogP contribution in [0.5, 0.6) is 23.0 Å². The molecule has 4 heteroatoms. The fraction of sp³-hybridized carbons (Fsp3) is 0.167. The van der Waals surface area contributed by atoms with Crippen molar-refractivity contribution >= 4 is 0 Å². The molecule has 5 aromatic carbocycles. The van der Waals surface area contributed by atoms with Crippen LogP contribution in [0.3, 0.4) is 0 Å². The number of hydrogen-bond acceptors (Lipinski definition) is 4. The van der Waals surface area contributed by atoms with E-state index in [0.717, 1.165) is 44.5 Å². The summed E-state index contributed by atoms with van der Waals surface area (Å²) in [5, 5.41) is 40.0. The van der Waals surface area contributed by atoms with Crippen LogP contribution in [0.15, 0.2) is 109 Å². The first-order valence-electron chi connectivity index (χ1n) is 13.3. The first-order valence-corrected chi connectivity index (χ1v) is 13.3. The van der Waals surface area contributed by atoms with E-state index in [1.165, 1.54) is 0 Å². The Labute approximate surface area is 235 Å². The van der Waals surface area contributed by atoms with Gasteiger partial charge in [0, 0.05) is 10.8 Å². The summed E-state index contributed by atoms with van der Waals surface area (Å²) in [6.07, 6.45) is 0. The van der Waals surface area contributed by atoms with E-state index < -0.39 is 10.8 Å². The molecule has 0 bridgehead atoms. The van der Waals surface area contributed by atoms with Gasteiger partial charge in [0.05, 0.1) is 0 Å². The Morgan fingerprint density at radius 3 is 0.950 bits per heavy atom. The van der Waals surface area contributed by atoms with Crippen LogP contribution in [0.25, 0.3) is 22.3 Å². The number of aromatic hydroxyl groups is 4. The average molecular weight is 531 g/mol. The van der Waals surface area contributed by atoms with Gasteiger partial charge in [-0.2, -0.15) is 0 Å². The zero-order valence-electron chi connectivity index (χ0n) is 23.2. The van der Waals surface area contributed by atoms with Gasteiger partial charge in [-0.15, -0.1) is 0 Å². The SMILES string of the molecule is CC(C)(c1ccc(O)cc1)c1cc(C(C)(C)c2ccc(O)cc2)c(-c2ccc(O)cc2)cc1-c1ccc(O)cc1. The van der Waals surface area contributed by atoms with Crippen LogP contribution in [0.4, 0.5) is 0 Å². The van der Waals surface area contributed by atoms with Crippen molar-refractivity contribution < 1.29 is 20.4 Å². The van der Waals surface area contributed by atoms with Crippen molar-refractivity contribution in [3.8, 4) is 45.3 Å². The van der Waals surface area contributed by atoms with Crippen LogP contribution < -0.4 is 0 Å². The number of phenolic OH excluding ortho intramolecular Hbond substituents is 4. The van der Waals surface area contributed by atoms with E-state index >= 15 is 0 Å². The molecule has 40 heavy (non-hydrogen) atoms. The molecule has 0 atom stereocenters. The first-order chi connectivity index (χ1) is 19.0. The normalized spacial score (nSPS) is 11.9. The van der Waals surface area contributed by atoms with Crippen LogP contribution in [0, 0.1) is 0 Å². The lowest BCUT2D eigenvalue weighted by molar-refractivity contribution is 0.474. The van der Waals surface area contributed by atoms with E-state index in [-0.39, 0.29) is 23.0 Å². The molecule has 0 saturated heterocycles. The van der Waals surface area contributed by atoms with E-state index in [0.29, 0.717) is 0 Å². The molecule has 0 amide bonds. The third-order valence-electron chi connectivity index (χ3n) is 8.04. The molecule has 4 N–H and O–H groups in total. The Balaban J connectivity index is 1.85. The maximum atomic E-state index is 10.0. The van der Waals surface area contributed by atoms with Gasteiger partial charge in [0.1, 0.15) is 23.0 Å². The van der Waals surface area contributed by atoms with E-state index in [2.05, 4.69) is 39.8 Å². The minimum absolute atomic E-state index is 0.201. The van der Waals surface area contributed by atoms with Crippen molar-refractivity contribution in [1.82, 2.24) is 0 Å². The van der Waals surface area contributed by atoms with Crippen molar-refractivity contribution in [1.29, 1.82) is 0 Å². The van der Waals surface area contributed by atoms with Gasteiger partial charge in [-0.3, -0.25) is 0 Å². The summed E-state index contributed by atoms with van der Waals surface area (Å²) in [7, 11) is 0. The predicted octanol–water partition coefficient (Wildman–Crippen LogP) is 8.49. The average Bonchev–Trinajstić information content (AvgIpc) is 2.94. The minimum Gasteiger partial charge on any atom is -0.508 e. The zero-order valence-corrected chi connectivity index (χ0v) is 23.2. The Morgan fingerprint density at radius 1 is 0.375 bits per heavy atom. The van der Waals surface area contributed by atoms with Crippen LogP contribution in [0.2, 0.25) is 0 Å². The summed E-state index contributed by atoms with van der Waals surface area (Å²) in [5.41, 5.74) is 7.36. The predicted molar refractivity (Wildman–Crippen MR) is 161 cm³/mol. The molecule has 0 heterocycles. The third kappa shape index (κ3) is 5.01. The smallest absolute Gasteiger partial charge is 0.115 e. The van der Waals surface area contributed by atoms with Gasteiger partial charge in [0.2, 0.25) is 0 Å². The van der Waals surface area contributed by atoms with Gasteiger partial charge in [-0.25, -0.2) is 0 Å². The summed E-state index contributed by atoms with van der Waals surface area (Å²) >= 11 is 0. The van der Waals surface area contributed by atoms with Gasteiger partial charge < -0.3 is 20.4 Å². The van der Waals surface area contributed by atoms with Crippen molar-refractivity contribution in [2.75, 3.05) is 0 Å². The summed E-state index contributed by atoms with van der Waals surface area (Å²) in [4.78, 5) is 0. The quantitative estimate of drug-likeness (QED) is 0.177. The van der Waals surface area contributed by atoms with Gasteiger partial charge in [-0.05, 0) is 99.1 Å². The number of phenols is 4. The van der Waals surface area contributed by atoms with E-state index in [4.69, 9.17) is 0 Å². The molecule has 4 nitrogen and oxygen atoms in total. The minimum atomic E-state index is -0.450. The summed E-state index contributed by atoms with van der Waals surface area (Å²) in [6.45, 7) is 8.71. The summed E-state index contributed by atoms with van der Waals surface area (Å²) < 4.78 is 0. The second-order valence-corrected chi connectivity index (χ2v) is 11.4. The maximum absolute atomic E-state index is 10.0. The molecule has 0 aliphatic rings. The molecule has 0 spiro atoms. The first kappa shape index (κ1) is 26.9. The van der Waals surface area contributed by atoms with Crippen molar-refractivity contribution in [2.24, 2.45) is 0 Å². The lowest BCUT2D eigenvalue weighted by Crippen LogP contribution is -2.24. The number of hydrogen-bond donors (Lipinski definition) is 4. The molecular formula is C36H34O4. The molecule has 5 rings (SSSR count). The Hall–Kier alpha value is -4.70. The van der Waals surface area contributed by atoms with E-state index in [1.54, 1.807) is 48.5 Å². The highest BCUT2D eigenvalue weighted by atomic mass is 16.3. The molecule has 0 fully saturated rings. The van der Waals surface area contributed by atoms with Crippen molar-refractivity contribution in [3.63, 3.8) is 0 Å². The zero-order chi connectivity index (χ0) is 28.7. The molecular weight excluding hydrogens is 496 g/mol. The van der Waals surface area contributed by atoms with Crippen molar-refractivity contribution in [3.05, 3.63) is 131 Å². The van der Waals surface area contributed by atoms with Gasteiger partial charge in [-0.1, -0.05) is 82.3 Å². The molecule has 0 unspecified atom stereocenters. The third-order valence-corrected chi connectivity index (χ3v) is 8.04. The van der Waals surface area contributed by atoms with E-state index in [1.807, 2.05) is 48.5 Å². The second-order valence-electron chi connectivity index (χ2n) is 11.4. The van der Waals surface area contributed by atoms with Crippen LogP contribution >= 0.6 is 0 Å². The number of benzene rings is 5. The monoisotopic (exact) mass is 530 g/mol. The van der Waals surface area contributed by atoms with Gasteiger partial charge in [0.15, 0.2) is 0 Å². The highest BCUT2D eigenvalue weighted by molar-refractivity contribution is 5.81. The second kappa shape index (κ2) is 10.1. The summed E-state index contributed by atoms with van der Waals surface area (Å²) in [6, 6.07) is 33.6. The molecule has 0 saturated carbocycles. The van der Waals surface area contributed by atoms with Gasteiger partial charge in [0.25, 0.3) is 0 Å². The Bertz CT molecular complexity index is 1510. The topological polar surface area (TPSA) is 80.9 Å². The highest BCUT2D eigenvalue weighted by Crippen LogP contribution is 2.46. The fourth-order valence-electron chi connectivity index (χ4n) is 5.46. The number of rotatable bonds is 6. The summed E-state index contributed by atoms with van der Waals surface area (Å²) in [5.74, 6) is 0.837. The lowest BCUT2D eigenvalue weighted by Gasteiger charge is -2.35. The molecule has 0 aliphatic carbocycles. The molecule has 5 aromatic rings. The van der Waals surface area contributed by atoms with E-state index in [9.17, 15) is 20.4 Å². The van der Waals surface area contributed by atoms with Crippen LogP contribution in [0.1, 0.15) is 49.9 Å². The standard InChI is InChI=1S/C36H34O4/c1-35(2,25-9-17-29(39)18-10-25)33-22-34(36(3,4)26-11-19-30(40)20-12-26)32(24-7-15-28(38)16-8-24)21-31(33)23-5-13-27(37)14-6-23/h5-22,37-40H,1-4H3. The maximum Gasteiger partial charge on any atom is 0.115 e. The van der Waals surface area contributed by atoms with Crippen LogP contribution in [-0.2, 0) is 10.8 Å². The Morgan fingerprint density at radius 2 is 0.650 bits per heavy atom. The fourth-order valence-corrected chi connectivity index (χ4v) is 5.46. The van der Waals surface area contributed by atoms with Crippen LogP contribution in [-0.4, -0.2) is 20.4 Å². The molecule has 0 aliphatic heterocycles. The highest BCUT2D eigenvalue weighted by Gasteiger charge is 2.33. The molecule has 0 aromatic heterocycles. The van der Waals surface area contributed by atoms with Crippen molar-refractivity contribution in [2.45, 2.75) is 38.5 Å². The molecule has 202 valence electrons. The lowest BCUT2D eigenvalue weighted by atomic mass is 9.69.